The molecule has 2 amide bonds. The van der Waals surface area contributed by atoms with Gasteiger partial charge in [-0.2, -0.15) is 18.3 Å². The second-order valence-corrected chi connectivity index (χ2v) is 7.34. The molecule has 0 unspecified atom stereocenters. The molecule has 2 aromatic carbocycles. The third kappa shape index (κ3) is 5.58. The average Bonchev–Trinajstić information content (AvgIpc) is 2.78. The third-order valence-corrected chi connectivity index (χ3v) is 4.87. The summed E-state index contributed by atoms with van der Waals surface area (Å²) in [5.41, 5.74) is 3.00. The molecule has 0 bridgehead atoms. The molecule has 1 heterocycles. The zero-order valence-corrected chi connectivity index (χ0v) is 18.0. The van der Waals surface area contributed by atoms with Crippen LogP contribution in [-0.2, 0) is 17.5 Å². The van der Waals surface area contributed by atoms with E-state index in [1.807, 2.05) is 6.92 Å². The Morgan fingerprint density at radius 3 is 2.48 bits per heavy atom. The van der Waals surface area contributed by atoms with Crippen molar-refractivity contribution in [3.63, 3.8) is 0 Å². The van der Waals surface area contributed by atoms with Crippen LogP contribution in [0.3, 0.4) is 0 Å². The average molecular weight is 479 g/mol. The van der Waals surface area contributed by atoms with Crippen molar-refractivity contribution in [3.05, 3.63) is 80.7 Å². The van der Waals surface area contributed by atoms with Crippen LogP contribution in [0.5, 0.6) is 0 Å². The predicted octanol–water partition coefficient (Wildman–Crippen LogP) is 3.95. The van der Waals surface area contributed by atoms with Crippen molar-refractivity contribution in [2.45, 2.75) is 26.1 Å². The summed E-state index contributed by atoms with van der Waals surface area (Å²) in [6.45, 7) is 2.16. The van der Waals surface area contributed by atoms with Crippen LogP contribution in [0.2, 0.25) is 5.02 Å². The number of alkyl halides is 3. The minimum atomic E-state index is -4.64. The number of benzene rings is 2. The molecule has 3 aromatic rings. The van der Waals surface area contributed by atoms with E-state index in [9.17, 15) is 27.6 Å². The van der Waals surface area contributed by atoms with Gasteiger partial charge in [-0.05, 0) is 36.3 Å². The highest BCUT2D eigenvalue weighted by molar-refractivity contribution is 6.31. The SMILES string of the molecule is CCCn1nc(C(=O)NNC(=O)/C=C/c2ccc(Cl)c(C(F)(F)F)c2)c2ccccc2c1=O. The molecule has 11 heteroatoms. The number of aryl methyl sites for hydroxylation is 1. The van der Waals surface area contributed by atoms with Crippen LogP contribution >= 0.6 is 11.6 Å². The topological polar surface area (TPSA) is 93.1 Å². The number of aromatic nitrogens is 2. The highest BCUT2D eigenvalue weighted by Gasteiger charge is 2.33. The lowest BCUT2D eigenvalue weighted by Gasteiger charge is -2.11. The van der Waals surface area contributed by atoms with Crippen molar-refractivity contribution in [1.29, 1.82) is 0 Å². The van der Waals surface area contributed by atoms with Crippen LogP contribution < -0.4 is 16.4 Å². The number of halogens is 4. The number of amides is 2. The van der Waals surface area contributed by atoms with E-state index in [4.69, 9.17) is 11.6 Å². The number of hydrogen-bond acceptors (Lipinski definition) is 4. The molecule has 0 saturated heterocycles. The van der Waals surface area contributed by atoms with Crippen LogP contribution in [0.25, 0.3) is 16.8 Å². The Labute approximate surface area is 190 Å². The molecular weight excluding hydrogens is 461 g/mol. The fraction of sp³-hybridized carbons (Fsp3) is 0.182. The zero-order valence-electron chi connectivity index (χ0n) is 17.2. The number of fused-ring (bicyclic) bond motifs is 1. The second kappa shape index (κ2) is 9.86. The predicted molar refractivity (Wildman–Crippen MR) is 117 cm³/mol. The number of carbonyl (C=O) groups is 2. The van der Waals surface area contributed by atoms with Crippen LogP contribution in [0.15, 0.2) is 53.3 Å². The summed E-state index contributed by atoms with van der Waals surface area (Å²) >= 11 is 5.57. The molecule has 0 aliphatic carbocycles. The summed E-state index contributed by atoms with van der Waals surface area (Å²) in [5, 5.41) is 4.27. The first-order chi connectivity index (χ1) is 15.6. The fourth-order valence-corrected chi connectivity index (χ4v) is 3.25. The van der Waals surface area contributed by atoms with Gasteiger partial charge < -0.3 is 0 Å². The monoisotopic (exact) mass is 478 g/mol. The first kappa shape index (κ1) is 24.0. The van der Waals surface area contributed by atoms with E-state index in [-0.39, 0.29) is 16.8 Å². The summed E-state index contributed by atoms with van der Waals surface area (Å²) in [4.78, 5) is 37.2. The van der Waals surface area contributed by atoms with Crippen LogP contribution in [0.4, 0.5) is 13.2 Å². The van der Waals surface area contributed by atoms with Gasteiger partial charge in [-0.1, -0.05) is 42.8 Å². The number of nitrogens with one attached hydrogen (secondary N) is 2. The summed E-state index contributed by atoms with van der Waals surface area (Å²) in [6, 6.07) is 9.64. The Morgan fingerprint density at radius 2 is 1.82 bits per heavy atom. The molecule has 0 fully saturated rings. The van der Waals surface area contributed by atoms with Gasteiger partial charge in [0.15, 0.2) is 5.69 Å². The van der Waals surface area contributed by atoms with Crippen molar-refractivity contribution in [3.8, 4) is 0 Å². The molecule has 2 N–H and O–H groups in total. The Morgan fingerprint density at radius 1 is 1.12 bits per heavy atom. The summed E-state index contributed by atoms with van der Waals surface area (Å²) < 4.78 is 40.0. The molecule has 7 nitrogen and oxygen atoms in total. The molecular formula is C22H18ClF3N4O3. The Balaban J connectivity index is 1.75. The van der Waals surface area contributed by atoms with Gasteiger partial charge in [0.1, 0.15) is 0 Å². The maximum Gasteiger partial charge on any atom is 0.417 e. The smallest absolute Gasteiger partial charge is 0.268 e. The Kier molecular flexibility index (Phi) is 7.17. The van der Waals surface area contributed by atoms with Crippen molar-refractivity contribution >= 4 is 40.3 Å². The number of carbonyl (C=O) groups excluding carboxylic acids is 2. The molecule has 1 aromatic heterocycles. The molecule has 3 rings (SSSR count). The number of nitrogens with zero attached hydrogens (tertiary/aromatic N) is 2. The van der Waals surface area contributed by atoms with Gasteiger partial charge in [0.25, 0.3) is 17.4 Å². The number of rotatable bonds is 5. The molecule has 0 radical (unpaired) electrons. The lowest BCUT2D eigenvalue weighted by molar-refractivity contribution is -0.137. The van der Waals surface area contributed by atoms with Gasteiger partial charge in [-0.3, -0.25) is 25.2 Å². The van der Waals surface area contributed by atoms with E-state index in [0.717, 1.165) is 24.3 Å². The third-order valence-electron chi connectivity index (χ3n) is 4.54. The Hall–Kier alpha value is -3.66. The fourth-order valence-electron chi connectivity index (χ4n) is 3.02. The first-order valence-corrected chi connectivity index (χ1v) is 10.1. The van der Waals surface area contributed by atoms with Crippen LogP contribution in [0, 0.1) is 0 Å². The maximum atomic E-state index is 12.9. The van der Waals surface area contributed by atoms with E-state index in [0.29, 0.717) is 23.7 Å². The van der Waals surface area contributed by atoms with Gasteiger partial charge in [-0.15, -0.1) is 0 Å². The van der Waals surface area contributed by atoms with E-state index in [2.05, 4.69) is 16.0 Å². The van der Waals surface area contributed by atoms with Crippen LogP contribution in [0.1, 0.15) is 35.0 Å². The van der Waals surface area contributed by atoms with Crippen LogP contribution in [-0.4, -0.2) is 21.6 Å². The van der Waals surface area contributed by atoms with Gasteiger partial charge in [0.2, 0.25) is 0 Å². The van der Waals surface area contributed by atoms with Crippen molar-refractivity contribution in [2.75, 3.05) is 0 Å². The van der Waals surface area contributed by atoms with Gasteiger partial charge in [0, 0.05) is 18.0 Å². The molecule has 172 valence electrons. The van der Waals surface area contributed by atoms with Crippen molar-refractivity contribution < 1.29 is 22.8 Å². The van der Waals surface area contributed by atoms with E-state index in [1.54, 1.807) is 24.3 Å². The number of hydrogen-bond donors (Lipinski definition) is 2. The quantitative estimate of drug-likeness (QED) is 0.429. The van der Waals surface area contributed by atoms with Gasteiger partial charge >= 0.3 is 6.18 Å². The Bertz CT molecular complexity index is 1300. The lowest BCUT2D eigenvalue weighted by Crippen LogP contribution is -2.42. The number of hydrazine groups is 1. The first-order valence-electron chi connectivity index (χ1n) is 9.76. The highest BCUT2D eigenvalue weighted by Crippen LogP contribution is 2.35. The second-order valence-electron chi connectivity index (χ2n) is 6.94. The van der Waals surface area contributed by atoms with Crippen molar-refractivity contribution in [2.24, 2.45) is 0 Å². The molecule has 33 heavy (non-hydrogen) atoms. The van der Waals surface area contributed by atoms with Crippen molar-refractivity contribution in [1.82, 2.24) is 20.6 Å². The molecule has 0 saturated carbocycles. The standard InChI is InChI=1S/C22H18ClF3N4O3/c1-2-11-30-21(33)15-6-4-3-5-14(15)19(29-30)20(32)28-27-18(31)10-8-13-7-9-17(23)16(12-13)22(24,25)26/h3-10,12H,2,11H2,1H3,(H,27,31)(H,28,32)/b10-8+. The highest BCUT2D eigenvalue weighted by atomic mass is 35.5. The minimum absolute atomic E-state index is 0.0598. The molecule has 0 aliphatic heterocycles. The van der Waals surface area contributed by atoms with Gasteiger partial charge in [0.05, 0.1) is 16.0 Å². The summed E-state index contributed by atoms with van der Waals surface area (Å²) in [5.74, 6) is -1.55. The van der Waals surface area contributed by atoms with Gasteiger partial charge in [-0.25, -0.2) is 4.68 Å². The summed E-state index contributed by atoms with van der Waals surface area (Å²) in [6.07, 6.45) is -1.93. The van der Waals surface area contributed by atoms with E-state index < -0.39 is 28.6 Å². The summed E-state index contributed by atoms with van der Waals surface area (Å²) in [7, 11) is 0. The molecule has 0 aliphatic rings. The lowest BCUT2D eigenvalue weighted by atomic mass is 10.1. The largest absolute Gasteiger partial charge is 0.417 e. The molecule has 0 spiro atoms. The van der Waals surface area contributed by atoms with E-state index in [1.165, 1.54) is 10.7 Å². The maximum absolute atomic E-state index is 12.9. The molecule has 0 atom stereocenters. The normalized spacial score (nSPS) is 11.7. The van der Waals surface area contributed by atoms with E-state index >= 15 is 0 Å². The minimum Gasteiger partial charge on any atom is -0.268 e. The zero-order chi connectivity index (χ0) is 24.2.